The molecule has 2 aromatic heterocycles. The maximum atomic E-state index is 13.3. The van der Waals surface area contributed by atoms with Crippen LogP contribution in [0.2, 0.25) is 0 Å². The number of hydrogen-bond donors (Lipinski definition) is 1. The van der Waals surface area contributed by atoms with Gasteiger partial charge in [0.25, 0.3) is 5.91 Å². The Morgan fingerprint density at radius 3 is 2.68 bits per heavy atom. The third-order valence-corrected chi connectivity index (χ3v) is 6.49. The number of nitrogens with one attached hydrogen (secondary N) is 1. The van der Waals surface area contributed by atoms with E-state index in [9.17, 15) is 9.59 Å². The predicted molar refractivity (Wildman–Crippen MR) is 122 cm³/mol. The minimum Gasteiger partial charge on any atom is -0.354 e. The second-order valence-electron chi connectivity index (χ2n) is 7.90. The average molecular weight is 435 g/mol. The van der Waals surface area contributed by atoms with Crippen LogP contribution in [0.1, 0.15) is 38.5 Å². The number of likely N-dealkylation sites (N-methyl/N-ethyl adjacent to an activating group) is 1. The zero-order valence-corrected chi connectivity index (χ0v) is 18.5. The summed E-state index contributed by atoms with van der Waals surface area (Å²) in [5.41, 5.74) is 2.83. The summed E-state index contributed by atoms with van der Waals surface area (Å²) in [6, 6.07) is 17.7. The van der Waals surface area contributed by atoms with E-state index < -0.39 is 5.92 Å². The first-order chi connectivity index (χ1) is 15.0. The van der Waals surface area contributed by atoms with Gasteiger partial charge in [-0.15, -0.1) is 11.3 Å². The zero-order chi connectivity index (χ0) is 21.8. The molecule has 0 aliphatic carbocycles. The van der Waals surface area contributed by atoms with E-state index in [-0.39, 0.29) is 17.9 Å². The number of aromatic nitrogens is 1. The van der Waals surface area contributed by atoms with E-state index >= 15 is 0 Å². The quantitative estimate of drug-likeness (QED) is 0.647. The first kappa shape index (κ1) is 21.2. The van der Waals surface area contributed by atoms with Crippen LogP contribution in [-0.2, 0) is 11.3 Å². The average Bonchev–Trinajstić information content (AvgIpc) is 3.33. The van der Waals surface area contributed by atoms with Gasteiger partial charge in [-0.1, -0.05) is 42.5 Å². The van der Waals surface area contributed by atoms with Gasteiger partial charge in [0.05, 0.1) is 22.5 Å². The van der Waals surface area contributed by atoms with Crippen LogP contribution in [-0.4, -0.2) is 53.8 Å². The van der Waals surface area contributed by atoms with Crippen LogP contribution in [0.15, 0.2) is 66.2 Å². The molecule has 1 N–H and O–H groups in total. The molecule has 0 radical (unpaired) electrons. The van der Waals surface area contributed by atoms with Gasteiger partial charge < -0.3 is 15.1 Å². The summed E-state index contributed by atoms with van der Waals surface area (Å²) in [6.45, 7) is 1.27. The van der Waals surface area contributed by atoms with Crippen LogP contribution in [0.25, 0.3) is 0 Å². The Hall–Kier alpha value is -3.03. The number of carbonyl (C=O) groups excluding carboxylic acids is 2. The largest absolute Gasteiger partial charge is 0.354 e. The molecule has 0 saturated heterocycles. The highest BCUT2D eigenvalue weighted by molar-refractivity contribution is 7.12. The van der Waals surface area contributed by atoms with Gasteiger partial charge in [0.2, 0.25) is 5.91 Å². The number of fused-ring (bicyclic) bond motifs is 1. The topological polar surface area (TPSA) is 65.5 Å². The molecule has 0 saturated carbocycles. The highest BCUT2D eigenvalue weighted by Gasteiger charge is 2.34. The Morgan fingerprint density at radius 2 is 1.97 bits per heavy atom. The van der Waals surface area contributed by atoms with Gasteiger partial charge in [0.1, 0.15) is 0 Å². The van der Waals surface area contributed by atoms with Crippen molar-refractivity contribution in [3.8, 4) is 0 Å². The molecular weight excluding hydrogens is 408 g/mol. The van der Waals surface area contributed by atoms with E-state index in [1.165, 1.54) is 11.3 Å². The van der Waals surface area contributed by atoms with Crippen molar-refractivity contribution in [2.75, 3.05) is 27.2 Å². The Kier molecular flexibility index (Phi) is 6.44. The molecule has 0 fully saturated rings. The minimum absolute atomic E-state index is 0.0437. The van der Waals surface area contributed by atoms with Crippen molar-refractivity contribution < 1.29 is 9.59 Å². The number of pyridine rings is 1. The molecule has 0 bridgehead atoms. The number of rotatable bonds is 6. The lowest BCUT2D eigenvalue weighted by atomic mass is 9.93. The lowest BCUT2D eigenvalue weighted by Gasteiger charge is -2.33. The number of hydrogen-bond acceptors (Lipinski definition) is 5. The molecule has 160 valence electrons. The second-order valence-corrected chi connectivity index (χ2v) is 8.85. The van der Waals surface area contributed by atoms with Crippen molar-refractivity contribution >= 4 is 23.2 Å². The van der Waals surface area contributed by atoms with Gasteiger partial charge in [-0.05, 0) is 42.7 Å². The van der Waals surface area contributed by atoms with E-state index in [1.807, 2.05) is 61.9 Å². The summed E-state index contributed by atoms with van der Waals surface area (Å²) in [4.78, 5) is 35.2. The van der Waals surface area contributed by atoms with Crippen LogP contribution in [0, 0.1) is 0 Å². The molecule has 6 nitrogen and oxygen atoms in total. The summed E-state index contributed by atoms with van der Waals surface area (Å²) >= 11 is 1.42. The maximum Gasteiger partial charge on any atom is 0.264 e. The third-order valence-electron chi connectivity index (χ3n) is 5.63. The molecule has 3 heterocycles. The lowest BCUT2D eigenvalue weighted by molar-refractivity contribution is -0.123. The van der Waals surface area contributed by atoms with E-state index in [0.717, 1.165) is 16.8 Å². The number of benzene rings is 1. The zero-order valence-electron chi connectivity index (χ0n) is 17.7. The number of carbonyl (C=O) groups is 2. The summed E-state index contributed by atoms with van der Waals surface area (Å²) in [5, 5.41) is 5.00. The van der Waals surface area contributed by atoms with E-state index in [0.29, 0.717) is 24.5 Å². The Morgan fingerprint density at radius 1 is 1.16 bits per heavy atom. The highest BCUT2D eigenvalue weighted by atomic mass is 32.1. The summed E-state index contributed by atoms with van der Waals surface area (Å²) in [7, 11) is 4.01. The van der Waals surface area contributed by atoms with Crippen molar-refractivity contribution in [2.45, 2.75) is 18.5 Å². The number of amides is 2. The fourth-order valence-electron chi connectivity index (χ4n) is 3.99. The molecule has 2 atom stereocenters. The fourth-order valence-corrected chi connectivity index (χ4v) is 4.68. The first-order valence-corrected chi connectivity index (χ1v) is 11.2. The fraction of sp³-hybridized carbons (Fsp3) is 0.292. The van der Waals surface area contributed by atoms with Crippen LogP contribution >= 0.6 is 11.3 Å². The molecule has 2 amide bonds. The van der Waals surface area contributed by atoms with Crippen LogP contribution in [0.5, 0.6) is 0 Å². The normalized spacial score (nSPS) is 16.6. The van der Waals surface area contributed by atoms with E-state index in [1.54, 1.807) is 11.1 Å². The molecule has 3 aromatic rings. The summed E-state index contributed by atoms with van der Waals surface area (Å²) in [6.07, 6.45) is 1.71. The van der Waals surface area contributed by atoms with Crippen LogP contribution < -0.4 is 5.32 Å². The van der Waals surface area contributed by atoms with Crippen molar-refractivity contribution in [1.29, 1.82) is 0 Å². The standard InChI is InChI=1S/C24H26N4O2S/c1-27(2)20(17-8-4-3-5-9-17)14-26-23(29)19-16-28(24(30)21-11-7-13-31-21)15-18-10-6-12-25-22(18)19/h3-13,19-20H,14-16H2,1-2H3,(H,26,29). The molecule has 2 unspecified atom stereocenters. The Balaban J connectivity index is 1.52. The van der Waals surface area contributed by atoms with Crippen molar-refractivity contribution in [3.05, 3.63) is 87.9 Å². The minimum atomic E-state index is -0.493. The smallest absolute Gasteiger partial charge is 0.264 e. The highest BCUT2D eigenvalue weighted by Crippen LogP contribution is 2.29. The van der Waals surface area contributed by atoms with Gasteiger partial charge in [-0.25, -0.2) is 0 Å². The van der Waals surface area contributed by atoms with Gasteiger partial charge in [0.15, 0.2) is 0 Å². The van der Waals surface area contributed by atoms with Gasteiger partial charge >= 0.3 is 0 Å². The second kappa shape index (κ2) is 9.41. The lowest BCUT2D eigenvalue weighted by Crippen LogP contribution is -2.45. The SMILES string of the molecule is CN(C)C(CNC(=O)C1CN(C(=O)c2cccs2)Cc2cccnc21)c1ccccc1. The van der Waals surface area contributed by atoms with Crippen molar-refractivity contribution in [3.63, 3.8) is 0 Å². The molecule has 1 aromatic carbocycles. The number of nitrogens with zero attached hydrogens (tertiary/aromatic N) is 3. The van der Waals surface area contributed by atoms with Gasteiger partial charge in [-0.3, -0.25) is 14.6 Å². The summed E-state index contributed by atoms with van der Waals surface area (Å²) in [5.74, 6) is -0.642. The Bertz CT molecular complexity index is 1040. The predicted octanol–water partition coefficient (Wildman–Crippen LogP) is 3.30. The Labute approximate surface area is 186 Å². The van der Waals surface area contributed by atoms with Crippen molar-refractivity contribution in [1.82, 2.24) is 20.1 Å². The van der Waals surface area contributed by atoms with Gasteiger partial charge in [0, 0.05) is 25.8 Å². The molecule has 1 aliphatic rings. The van der Waals surface area contributed by atoms with Gasteiger partial charge in [-0.2, -0.15) is 0 Å². The maximum absolute atomic E-state index is 13.3. The van der Waals surface area contributed by atoms with Crippen LogP contribution in [0.4, 0.5) is 0 Å². The van der Waals surface area contributed by atoms with E-state index in [2.05, 4.69) is 27.3 Å². The van der Waals surface area contributed by atoms with Crippen LogP contribution in [0.3, 0.4) is 0 Å². The monoisotopic (exact) mass is 434 g/mol. The molecule has 0 spiro atoms. The van der Waals surface area contributed by atoms with E-state index in [4.69, 9.17) is 0 Å². The summed E-state index contributed by atoms with van der Waals surface area (Å²) < 4.78 is 0. The molecule has 7 heteroatoms. The number of thiophene rings is 1. The third kappa shape index (κ3) is 4.68. The molecular formula is C24H26N4O2S. The van der Waals surface area contributed by atoms with Crippen molar-refractivity contribution in [2.24, 2.45) is 0 Å². The first-order valence-electron chi connectivity index (χ1n) is 10.3. The molecule has 31 heavy (non-hydrogen) atoms. The molecule has 1 aliphatic heterocycles. The molecule has 4 rings (SSSR count).